The van der Waals surface area contributed by atoms with Crippen molar-refractivity contribution < 1.29 is 20.0 Å². The maximum absolute atomic E-state index is 9.48. The SMILES string of the molecule is CC(O)C(C)(C)O.CCC.[B][B]OC(C)(C)C(C)(C)O. The van der Waals surface area contributed by atoms with E-state index in [2.05, 4.69) is 13.8 Å². The zero-order valence-corrected chi connectivity index (χ0v) is 14.7. The van der Waals surface area contributed by atoms with Gasteiger partial charge in [-0.2, -0.15) is 0 Å². The third kappa shape index (κ3) is 14.4. The lowest BCUT2D eigenvalue weighted by Crippen LogP contribution is -2.48. The molecular weight excluding hydrogens is 254 g/mol. The summed E-state index contributed by atoms with van der Waals surface area (Å²) in [6, 6.07) is 0. The van der Waals surface area contributed by atoms with Gasteiger partial charge < -0.3 is 20.0 Å². The molecule has 3 N–H and O–H groups in total. The molecule has 20 heavy (non-hydrogen) atoms. The molecule has 0 heterocycles. The average Bonchev–Trinajstić information content (AvgIpc) is 2.15. The Labute approximate surface area is 127 Å². The van der Waals surface area contributed by atoms with Gasteiger partial charge in [-0.05, 0) is 48.5 Å². The van der Waals surface area contributed by atoms with Crippen molar-refractivity contribution in [3.63, 3.8) is 0 Å². The van der Waals surface area contributed by atoms with Gasteiger partial charge in [-0.3, -0.25) is 0 Å². The summed E-state index contributed by atoms with van der Waals surface area (Å²) >= 11 is 0. The van der Waals surface area contributed by atoms with Crippen LogP contribution in [0.15, 0.2) is 0 Å². The summed E-state index contributed by atoms with van der Waals surface area (Å²) in [7, 11) is 6.15. The summed E-state index contributed by atoms with van der Waals surface area (Å²) in [5.41, 5.74) is -2.47. The molecule has 0 rings (SSSR count). The molecule has 0 aromatic carbocycles. The Hall–Kier alpha value is -0.0301. The van der Waals surface area contributed by atoms with Gasteiger partial charge in [0.05, 0.1) is 30.6 Å². The van der Waals surface area contributed by atoms with Crippen LogP contribution < -0.4 is 0 Å². The highest BCUT2D eigenvalue weighted by Crippen LogP contribution is 2.23. The largest absolute Gasteiger partial charge is 0.445 e. The quantitative estimate of drug-likeness (QED) is 0.690. The third-order valence-electron chi connectivity index (χ3n) is 2.86. The molecule has 0 aliphatic heterocycles. The van der Waals surface area contributed by atoms with E-state index in [4.69, 9.17) is 22.6 Å². The molecule has 1 unspecified atom stereocenters. The molecular formula is C14H33B2O4. The van der Waals surface area contributed by atoms with E-state index in [-0.39, 0.29) is 0 Å². The monoisotopic (exact) mass is 287 g/mol. The molecule has 0 spiro atoms. The van der Waals surface area contributed by atoms with E-state index in [0.717, 1.165) is 7.37 Å². The molecule has 0 aliphatic rings. The van der Waals surface area contributed by atoms with Crippen molar-refractivity contribution in [3.05, 3.63) is 0 Å². The van der Waals surface area contributed by atoms with E-state index in [0.29, 0.717) is 0 Å². The average molecular weight is 287 g/mol. The van der Waals surface area contributed by atoms with Crippen LogP contribution in [-0.2, 0) is 4.65 Å². The highest BCUT2D eigenvalue weighted by Gasteiger charge is 2.34. The summed E-state index contributed by atoms with van der Waals surface area (Å²) in [6.07, 6.45) is 0.604. The lowest BCUT2D eigenvalue weighted by molar-refractivity contribution is -0.0887. The van der Waals surface area contributed by atoms with Crippen LogP contribution in [0.1, 0.15) is 68.7 Å². The van der Waals surface area contributed by atoms with Crippen LogP contribution in [0.3, 0.4) is 0 Å². The summed E-state index contributed by atoms with van der Waals surface area (Å²) in [5, 5.41) is 27.0. The molecule has 0 saturated heterocycles. The van der Waals surface area contributed by atoms with E-state index in [1.54, 1.807) is 48.5 Å². The van der Waals surface area contributed by atoms with Crippen molar-refractivity contribution in [1.29, 1.82) is 0 Å². The van der Waals surface area contributed by atoms with Crippen molar-refractivity contribution in [2.24, 2.45) is 0 Å². The number of hydrogen-bond donors (Lipinski definition) is 3. The van der Waals surface area contributed by atoms with E-state index < -0.39 is 22.9 Å². The zero-order valence-electron chi connectivity index (χ0n) is 14.7. The Morgan fingerprint density at radius 1 is 1.05 bits per heavy atom. The van der Waals surface area contributed by atoms with Crippen LogP contribution in [0.25, 0.3) is 0 Å². The first-order valence-corrected chi connectivity index (χ1v) is 7.01. The van der Waals surface area contributed by atoms with Crippen LogP contribution >= 0.6 is 0 Å². The number of aliphatic hydroxyl groups is 3. The second kappa shape index (κ2) is 10.7. The number of hydrogen-bond acceptors (Lipinski definition) is 4. The first kappa shape index (κ1) is 25.0. The molecule has 0 fully saturated rings. The molecule has 0 saturated carbocycles. The highest BCUT2D eigenvalue weighted by atomic mass is 16.5. The predicted molar refractivity (Wildman–Crippen MR) is 86.9 cm³/mol. The van der Waals surface area contributed by atoms with Gasteiger partial charge in [0.15, 0.2) is 0 Å². The second-order valence-corrected chi connectivity index (χ2v) is 6.36. The van der Waals surface area contributed by atoms with E-state index in [1.165, 1.54) is 6.42 Å². The van der Waals surface area contributed by atoms with E-state index in [1.807, 2.05) is 0 Å². The molecule has 0 aliphatic carbocycles. The van der Waals surface area contributed by atoms with Crippen LogP contribution in [-0.4, -0.2) is 53.3 Å². The minimum absolute atomic E-state index is 0.637. The van der Waals surface area contributed by atoms with Gasteiger partial charge in [-0.1, -0.05) is 20.3 Å². The molecule has 0 aromatic rings. The molecule has 4 nitrogen and oxygen atoms in total. The molecule has 0 bridgehead atoms. The second-order valence-electron chi connectivity index (χ2n) is 6.36. The molecule has 3 radical (unpaired) electrons. The summed E-state index contributed by atoms with van der Waals surface area (Å²) in [6.45, 7) is 15.8. The van der Waals surface area contributed by atoms with Gasteiger partial charge in [0.1, 0.15) is 0 Å². The fraction of sp³-hybridized carbons (Fsp3) is 1.00. The fourth-order valence-corrected chi connectivity index (χ4v) is 0.314. The van der Waals surface area contributed by atoms with Gasteiger partial charge in [-0.15, -0.1) is 0 Å². The van der Waals surface area contributed by atoms with Crippen LogP contribution in [0, 0.1) is 0 Å². The van der Waals surface area contributed by atoms with E-state index >= 15 is 0 Å². The molecule has 0 amide bonds. The van der Waals surface area contributed by atoms with Gasteiger partial charge in [0, 0.05) is 0 Å². The van der Waals surface area contributed by atoms with Crippen molar-refractivity contribution in [1.82, 2.24) is 0 Å². The van der Waals surface area contributed by atoms with Gasteiger partial charge in [0.2, 0.25) is 7.37 Å². The van der Waals surface area contributed by atoms with Crippen LogP contribution in [0.5, 0.6) is 0 Å². The van der Waals surface area contributed by atoms with Gasteiger partial charge in [0.25, 0.3) is 0 Å². The first-order chi connectivity index (χ1) is 8.67. The van der Waals surface area contributed by atoms with Gasteiger partial charge in [-0.25, -0.2) is 0 Å². The third-order valence-corrected chi connectivity index (χ3v) is 2.86. The van der Waals surface area contributed by atoms with Crippen LogP contribution in [0.2, 0.25) is 0 Å². The van der Waals surface area contributed by atoms with Crippen molar-refractivity contribution in [2.45, 2.75) is 91.6 Å². The predicted octanol–water partition coefficient (Wildman–Crippen LogP) is 1.81. The summed E-state index contributed by atoms with van der Waals surface area (Å²) in [4.78, 5) is 0. The number of rotatable bonds is 4. The molecule has 1 atom stereocenters. The molecule has 119 valence electrons. The maximum Gasteiger partial charge on any atom is 0.231 e. The van der Waals surface area contributed by atoms with Crippen molar-refractivity contribution in [2.75, 3.05) is 0 Å². The minimum Gasteiger partial charge on any atom is -0.445 e. The Kier molecular flexibility index (Phi) is 13.3. The lowest BCUT2D eigenvalue weighted by atomic mass is 9.70. The summed E-state index contributed by atoms with van der Waals surface area (Å²) in [5.74, 6) is 0. The first-order valence-electron chi connectivity index (χ1n) is 7.01. The standard InChI is InChI=1S/C6H13B2O2.C5H12O2.C3H8/c1-5(2,9)6(3,4)10-8-7;1-4(6)5(2,3)7;1-3-2/h9H,1-4H3;4,6-7H,1-3H3;3H2,1-2H3. The van der Waals surface area contributed by atoms with Crippen molar-refractivity contribution >= 4 is 15.1 Å². The number of aliphatic hydroxyl groups excluding tert-OH is 1. The molecule has 6 heteroatoms. The summed E-state index contributed by atoms with van der Waals surface area (Å²) < 4.78 is 5.00. The Morgan fingerprint density at radius 2 is 1.30 bits per heavy atom. The maximum atomic E-state index is 9.48. The molecule has 0 aromatic heterocycles. The highest BCUT2D eigenvalue weighted by molar-refractivity contribution is 6.85. The smallest absolute Gasteiger partial charge is 0.231 e. The minimum atomic E-state index is -0.944. The Bertz CT molecular complexity index is 218. The lowest BCUT2D eigenvalue weighted by Gasteiger charge is -2.37. The normalized spacial score (nSPS) is 13.4. The fourth-order valence-electron chi connectivity index (χ4n) is 0.314. The van der Waals surface area contributed by atoms with Crippen molar-refractivity contribution in [3.8, 4) is 0 Å². The van der Waals surface area contributed by atoms with E-state index in [9.17, 15) is 5.11 Å². The topological polar surface area (TPSA) is 69.9 Å². The van der Waals surface area contributed by atoms with Gasteiger partial charge >= 0.3 is 0 Å². The Balaban J connectivity index is -0.000000251. The zero-order chi connectivity index (χ0) is 17.2. The van der Waals surface area contributed by atoms with Crippen LogP contribution in [0.4, 0.5) is 0 Å². The Morgan fingerprint density at radius 3 is 1.35 bits per heavy atom.